The number of hydrogen-bond acceptors (Lipinski definition) is 6. The normalized spacial score (nSPS) is 16.7. The van der Waals surface area contributed by atoms with Crippen molar-refractivity contribution in [1.82, 2.24) is 15.3 Å². The molecular formula is C33H39Cl2N5O2. The minimum atomic E-state index is -0.393. The third kappa shape index (κ3) is 7.11. The Kier molecular flexibility index (Phi) is 10.1. The van der Waals surface area contributed by atoms with Crippen molar-refractivity contribution < 1.29 is 9.47 Å². The predicted molar refractivity (Wildman–Crippen MR) is 169 cm³/mol. The molecule has 0 radical (unpaired) electrons. The standard InChI is InChI=1S/C33H39Cl2N5O2/c1-33(2,26-20-29(35)31(41-19-13-34)30(21-26)36-3)25-4-6-28(7-5-25)42-22-27-10-16-38-32(39-27)40-17-11-24(12-18-40)23-8-14-37-15-9-23/h4-7,10,16,20-21,23-24,37H,8-9,11-15,17-19,22H2,1-2H3. The third-order valence-corrected chi connectivity index (χ3v) is 9.16. The highest BCUT2D eigenvalue weighted by Gasteiger charge is 2.29. The monoisotopic (exact) mass is 607 g/mol. The maximum Gasteiger partial charge on any atom is 0.229 e. The van der Waals surface area contributed by atoms with Gasteiger partial charge in [-0.1, -0.05) is 37.6 Å². The van der Waals surface area contributed by atoms with Crippen LogP contribution in [0.25, 0.3) is 4.85 Å². The van der Waals surface area contributed by atoms with Gasteiger partial charge in [-0.05, 0) is 92.1 Å². The van der Waals surface area contributed by atoms with Crippen LogP contribution in [0.2, 0.25) is 5.02 Å². The van der Waals surface area contributed by atoms with Crippen molar-refractivity contribution in [3.8, 4) is 11.5 Å². The van der Waals surface area contributed by atoms with Crippen LogP contribution >= 0.6 is 23.2 Å². The Balaban J connectivity index is 1.19. The highest BCUT2D eigenvalue weighted by Crippen LogP contribution is 2.42. The van der Waals surface area contributed by atoms with Crippen LogP contribution in [0.4, 0.5) is 11.6 Å². The molecule has 222 valence electrons. The van der Waals surface area contributed by atoms with Crippen molar-refractivity contribution in [1.29, 1.82) is 0 Å². The summed E-state index contributed by atoms with van der Waals surface area (Å²) in [6, 6.07) is 13.7. The van der Waals surface area contributed by atoms with Gasteiger partial charge in [0.2, 0.25) is 11.6 Å². The van der Waals surface area contributed by atoms with Crippen LogP contribution in [0.3, 0.4) is 0 Å². The summed E-state index contributed by atoms with van der Waals surface area (Å²) in [7, 11) is 0. The molecule has 0 unspecified atom stereocenters. The molecule has 9 heteroatoms. The van der Waals surface area contributed by atoms with Crippen molar-refractivity contribution in [2.45, 2.75) is 51.6 Å². The smallest absolute Gasteiger partial charge is 0.229 e. The molecular weight excluding hydrogens is 569 g/mol. The van der Waals surface area contributed by atoms with Crippen LogP contribution in [0.15, 0.2) is 48.7 Å². The van der Waals surface area contributed by atoms with Gasteiger partial charge in [-0.3, -0.25) is 0 Å². The van der Waals surface area contributed by atoms with E-state index in [1.165, 1.54) is 25.7 Å². The van der Waals surface area contributed by atoms with Crippen molar-refractivity contribution >= 4 is 34.8 Å². The number of benzene rings is 2. The van der Waals surface area contributed by atoms with Gasteiger partial charge in [-0.2, -0.15) is 0 Å². The molecule has 1 aromatic heterocycles. The first-order valence-electron chi connectivity index (χ1n) is 14.8. The topological polar surface area (TPSA) is 63.9 Å². The summed E-state index contributed by atoms with van der Waals surface area (Å²) in [5.74, 6) is 3.96. The molecule has 0 bridgehead atoms. The van der Waals surface area contributed by atoms with Gasteiger partial charge in [0, 0.05) is 24.7 Å². The number of aromatic nitrogens is 2. The SMILES string of the molecule is [C-]#[N+]c1cc(C(C)(C)c2ccc(OCc3ccnc(N4CCC(C5CCNCC5)CC4)n3)cc2)cc(Cl)c1OCCCl. The molecule has 3 heterocycles. The van der Waals surface area contributed by atoms with E-state index < -0.39 is 5.41 Å². The quantitative estimate of drug-likeness (QED) is 0.191. The molecule has 2 aliphatic rings. The second kappa shape index (κ2) is 13.9. The van der Waals surface area contributed by atoms with Gasteiger partial charge < -0.3 is 19.7 Å². The van der Waals surface area contributed by atoms with E-state index in [-0.39, 0.29) is 0 Å². The fourth-order valence-corrected chi connectivity index (χ4v) is 6.45. The van der Waals surface area contributed by atoms with Crippen LogP contribution in [-0.4, -0.2) is 48.6 Å². The first kappa shape index (κ1) is 30.4. The lowest BCUT2D eigenvalue weighted by Crippen LogP contribution is -2.40. The van der Waals surface area contributed by atoms with Crippen molar-refractivity contribution in [3.63, 3.8) is 0 Å². The number of hydrogen-bond donors (Lipinski definition) is 1. The predicted octanol–water partition coefficient (Wildman–Crippen LogP) is 7.42. The van der Waals surface area contributed by atoms with Crippen molar-refractivity contribution in [3.05, 3.63) is 81.9 Å². The molecule has 0 saturated carbocycles. The van der Waals surface area contributed by atoms with Crippen LogP contribution in [0.1, 0.15) is 56.4 Å². The van der Waals surface area contributed by atoms with E-state index in [4.69, 9.17) is 44.2 Å². The number of piperidine rings is 2. The second-order valence-electron chi connectivity index (χ2n) is 11.7. The zero-order valence-corrected chi connectivity index (χ0v) is 25.9. The Morgan fingerprint density at radius 1 is 1.00 bits per heavy atom. The van der Waals surface area contributed by atoms with Gasteiger partial charge in [0.25, 0.3) is 0 Å². The van der Waals surface area contributed by atoms with Crippen LogP contribution < -0.4 is 19.7 Å². The van der Waals surface area contributed by atoms with Crippen LogP contribution in [-0.2, 0) is 12.0 Å². The Labute approximate surface area is 259 Å². The summed E-state index contributed by atoms with van der Waals surface area (Å²) in [5, 5.41) is 3.89. The fourth-order valence-electron chi connectivity index (χ4n) is 6.10. The number of nitrogens with zero attached hydrogens (tertiary/aromatic N) is 4. The van der Waals surface area contributed by atoms with Gasteiger partial charge in [0.05, 0.1) is 29.8 Å². The molecule has 0 spiro atoms. The highest BCUT2D eigenvalue weighted by atomic mass is 35.5. The minimum absolute atomic E-state index is 0.293. The maximum absolute atomic E-state index is 7.61. The molecule has 2 aromatic carbocycles. The van der Waals surface area contributed by atoms with E-state index in [0.717, 1.165) is 66.5 Å². The molecule has 1 N–H and O–H groups in total. The molecule has 0 aliphatic carbocycles. The molecule has 2 saturated heterocycles. The largest absolute Gasteiger partial charge is 0.502 e. The van der Waals surface area contributed by atoms with Gasteiger partial charge in [0.1, 0.15) is 18.1 Å². The molecule has 7 nitrogen and oxygen atoms in total. The van der Waals surface area contributed by atoms with Crippen LogP contribution in [0.5, 0.6) is 11.5 Å². The second-order valence-corrected chi connectivity index (χ2v) is 12.4. The molecule has 5 rings (SSSR count). The Bertz CT molecular complexity index is 1380. The molecule has 2 aliphatic heterocycles. The van der Waals surface area contributed by atoms with Gasteiger partial charge in [-0.25, -0.2) is 14.8 Å². The average Bonchev–Trinajstić information content (AvgIpc) is 3.03. The van der Waals surface area contributed by atoms with E-state index in [9.17, 15) is 0 Å². The van der Waals surface area contributed by atoms with Gasteiger partial charge in [-0.15, -0.1) is 11.6 Å². The summed E-state index contributed by atoms with van der Waals surface area (Å²) in [4.78, 5) is 15.3. The number of anilines is 1. The zero-order chi connectivity index (χ0) is 29.5. The molecule has 0 amide bonds. The number of alkyl halides is 1. The van der Waals surface area contributed by atoms with E-state index in [1.54, 1.807) is 0 Å². The minimum Gasteiger partial charge on any atom is -0.502 e. The highest BCUT2D eigenvalue weighted by molar-refractivity contribution is 6.32. The number of halogens is 2. The lowest BCUT2D eigenvalue weighted by molar-refractivity contribution is 0.221. The first-order valence-corrected chi connectivity index (χ1v) is 15.7. The summed E-state index contributed by atoms with van der Waals surface area (Å²) < 4.78 is 11.7. The van der Waals surface area contributed by atoms with E-state index in [1.807, 2.05) is 36.5 Å². The number of ether oxygens (including phenoxy) is 2. The lowest BCUT2D eigenvalue weighted by Gasteiger charge is -2.37. The summed E-state index contributed by atoms with van der Waals surface area (Å²) in [6.07, 6.45) is 6.88. The van der Waals surface area contributed by atoms with Crippen molar-refractivity contribution in [2.24, 2.45) is 11.8 Å². The summed E-state index contributed by atoms with van der Waals surface area (Å²) in [6.45, 7) is 16.9. The molecule has 0 atom stereocenters. The van der Waals surface area contributed by atoms with E-state index >= 15 is 0 Å². The maximum atomic E-state index is 7.61. The molecule has 2 fully saturated rings. The summed E-state index contributed by atoms with van der Waals surface area (Å²) in [5.41, 5.74) is 2.86. The fraction of sp³-hybridized carbons (Fsp3) is 0.485. The van der Waals surface area contributed by atoms with Gasteiger partial charge in [0.15, 0.2) is 0 Å². The Morgan fingerprint density at radius 2 is 1.71 bits per heavy atom. The molecule has 3 aromatic rings. The zero-order valence-electron chi connectivity index (χ0n) is 24.4. The van der Waals surface area contributed by atoms with Crippen LogP contribution in [0, 0.1) is 18.4 Å². The summed E-state index contributed by atoms with van der Waals surface area (Å²) >= 11 is 12.3. The Hall–Kier alpha value is -3.05. The average molecular weight is 609 g/mol. The first-order chi connectivity index (χ1) is 20.4. The number of rotatable bonds is 10. The third-order valence-electron chi connectivity index (χ3n) is 8.73. The lowest BCUT2D eigenvalue weighted by atomic mass is 9.78. The Morgan fingerprint density at radius 3 is 2.40 bits per heavy atom. The molecule has 42 heavy (non-hydrogen) atoms. The van der Waals surface area contributed by atoms with E-state index in [2.05, 4.69) is 46.0 Å². The van der Waals surface area contributed by atoms with Gasteiger partial charge >= 0.3 is 0 Å². The van der Waals surface area contributed by atoms with Crippen molar-refractivity contribution in [2.75, 3.05) is 43.6 Å². The van der Waals surface area contributed by atoms with E-state index in [0.29, 0.717) is 35.6 Å². The number of nitrogens with one attached hydrogen (secondary N) is 1.